The van der Waals surface area contributed by atoms with Gasteiger partial charge < -0.3 is 10.1 Å². The van der Waals surface area contributed by atoms with Gasteiger partial charge in [0, 0.05) is 19.3 Å². The summed E-state index contributed by atoms with van der Waals surface area (Å²) in [6.07, 6.45) is 2.47. The number of benzene rings is 1. The molecule has 0 aromatic heterocycles. The predicted octanol–water partition coefficient (Wildman–Crippen LogP) is 3.38. The molecule has 0 aliphatic carbocycles. The van der Waals surface area contributed by atoms with Crippen LogP contribution in [-0.2, 0) is 4.74 Å². The van der Waals surface area contributed by atoms with Crippen molar-refractivity contribution < 1.29 is 4.74 Å². The van der Waals surface area contributed by atoms with Crippen molar-refractivity contribution in [2.45, 2.75) is 39.7 Å². The minimum atomic E-state index is 0.437. The largest absolute Gasteiger partial charge is 0.381 e. The maximum Gasteiger partial charge on any atom is 0.0495 e. The molecular weight excluding hydrogens is 222 g/mol. The van der Waals surface area contributed by atoms with Crippen LogP contribution in [0.3, 0.4) is 0 Å². The summed E-state index contributed by atoms with van der Waals surface area (Å²) in [4.78, 5) is 0. The van der Waals surface area contributed by atoms with Gasteiger partial charge in [-0.05, 0) is 62.8 Å². The van der Waals surface area contributed by atoms with E-state index in [0.29, 0.717) is 6.04 Å². The van der Waals surface area contributed by atoms with E-state index in [1.165, 1.54) is 29.5 Å². The van der Waals surface area contributed by atoms with Crippen molar-refractivity contribution in [2.24, 2.45) is 5.92 Å². The van der Waals surface area contributed by atoms with E-state index in [9.17, 15) is 0 Å². The summed E-state index contributed by atoms with van der Waals surface area (Å²) in [7, 11) is 0. The average Bonchev–Trinajstić information content (AvgIpc) is 2.85. The van der Waals surface area contributed by atoms with Gasteiger partial charge in [0.15, 0.2) is 0 Å². The van der Waals surface area contributed by atoms with Gasteiger partial charge in [-0.3, -0.25) is 0 Å². The molecule has 2 atom stereocenters. The first-order valence-electron chi connectivity index (χ1n) is 7.05. The number of ether oxygens (including phenoxy) is 1. The minimum Gasteiger partial charge on any atom is -0.381 e. The van der Waals surface area contributed by atoms with Crippen LogP contribution >= 0.6 is 0 Å². The molecule has 1 N–H and O–H groups in total. The topological polar surface area (TPSA) is 21.3 Å². The highest BCUT2D eigenvalue weighted by molar-refractivity contribution is 5.31. The molecule has 1 aliphatic heterocycles. The van der Waals surface area contributed by atoms with Crippen molar-refractivity contribution >= 4 is 0 Å². The fraction of sp³-hybridized carbons (Fsp3) is 0.625. The summed E-state index contributed by atoms with van der Waals surface area (Å²) in [5.74, 6) is 0.768. The lowest BCUT2D eigenvalue weighted by Gasteiger charge is -2.17. The Morgan fingerprint density at radius 2 is 2.17 bits per heavy atom. The fourth-order valence-electron chi connectivity index (χ4n) is 2.47. The highest BCUT2D eigenvalue weighted by atomic mass is 16.5. The third-order valence-electron chi connectivity index (χ3n) is 4.06. The molecule has 1 aromatic rings. The van der Waals surface area contributed by atoms with Crippen LogP contribution in [0.25, 0.3) is 0 Å². The molecule has 2 heteroatoms. The van der Waals surface area contributed by atoms with Gasteiger partial charge in [-0.1, -0.05) is 18.2 Å². The van der Waals surface area contributed by atoms with Crippen LogP contribution in [-0.4, -0.2) is 19.8 Å². The maximum absolute atomic E-state index is 5.40. The molecule has 0 radical (unpaired) electrons. The molecule has 100 valence electrons. The number of rotatable bonds is 5. The molecule has 0 spiro atoms. The third-order valence-corrected chi connectivity index (χ3v) is 4.06. The summed E-state index contributed by atoms with van der Waals surface area (Å²) in [6, 6.07) is 7.18. The van der Waals surface area contributed by atoms with E-state index < -0.39 is 0 Å². The average molecular weight is 247 g/mol. The van der Waals surface area contributed by atoms with Crippen molar-refractivity contribution in [1.29, 1.82) is 0 Å². The van der Waals surface area contributed by atoms with E-state index in [1.807, 2.05) is 0 Å². The molecule has 1 heterocycles. The third kappa shape index (κ3) is 3.56. The first-order valence-corrected chi connectivity index (χ1v) is 7.05. The molecule has 0 bridgehead atoms. The van der Waals surface area contributed by atoms with Crippen LogP contribution in [0.4, 0.5) is 0 Å². The first kappa shape index (κ1) is 13.6. The smallest absolute Gasteiger partial charge is 0.0495 e. The number of aryl methyl sites for hydroxylation is 2. The quantitative estimate of drug-likeness (QED) is 0.861. The Hall–Kier alpha value is -0.860. The Morgan fingerprint density at radius 3 is 2.83 bits per heavy atom. The maximum atomic E-state index is 5.40. The zero-order valence-electron chi connectivity index (χ0n) is 11.8. The molecule has 0 saturated carbocycles. The normalized spacial score (nSPS) is 21.2. The summed E-state index contributed by atoms with van der Waals surface area (Å²) in [5, 5.41) is 3.62. The van der Waals surface area contributed by atoms with Crippen LogP contribution in [0, 0.1) is 19.8 Å². The molecule has 1 aromatic carbocycles. The molecule has 1 aliphatic rings. The monoisotopic (exact) mass is 247 g/mol. The summed E-state index contributed by atoms with van der Waals surface area (Å²) in [6.45, 7) is 9.59. The van der Waals surface area contributed by atoms with Gasteiger partial charge in [0.1, 0.15) is 0 Å². The standard InChI is InChI=1S/C16H25NO/c1-12-4-5-16(10-13(12)2)14(3)17-8-6-15-7-9-18-11-15/h4-5,10,14-15,17H,6-9,11H2,1-3H3. The van der Waals surface area contributed by atoms with E-state index in [0.717, 1.165) is 25.7 Å². The molecule has 2 nitrogen and oxygen atoms in total. The Balaban J connectivity index is 1.79. The SMILES string of the molecule is Cc1ccc(C(C)NCCC2CCOC2)cc1C. The molecule has 2 rings (SSSR count). The molecule has 2 unspecified atom stereocenters. The number of hydrogen-bond acceptors (Lipinski definition) is 2. The molecule has 1 saturated heterocycles. The molecule has 1 fully saturated rings. The summed E-state index contributed by atoms with van der Waals surface area (Å²) >= 11 is 0. The van der Waals surface area contributed by atoms with Crippen molar-refractivity contribution in [3.05, 3.63) is 34.9 Å². The Labute approximate surface area is 111 Å². The highest BCUT2D eigenvalue weighted by Gasteiger charge is 2.15. The van der Waals surface area contributed by atoms with E-state index in [2.05, 4.69) is 44.3 Å². The van der Waals surface area contributed by atoms with Crippen molar-refractivity contribution in [1.82, 2.24) is 5.32 Å². The van der Waals surface area contributed by atoms with E-state index in [1.54, 1.807) is 0 Å². The van der Waals surface area contributed by atoms with Gasteiger partial charge in [0.25, 0.3) is 0 Å². The zero-order valence-corrected chi connectivity index (χ0v) is 11.8. The van der Waals surface area contributed by atoms with E-state index in [-0.39, 0.29) is 0 Å². The zero-order chi connectivity index (χ0) is 13.0. The Bertz CT molecular complexity index is 383. The van der Waals surface area contributed by atoms with Crippen molar-refractivity contribution in [3.8, 4) is 0 Å². The van der Waals surface area contributed by atoms with Gasteiger partial charge in [0.2, 0.25) is 0 Å². The van der Waals surface area contributed by atoms with E-state index in [4.69, 9.17) is 4.74 Å². The first-order chi connectivity index (χ1) is 8.66. The summed E-state index contributed by atoms with van der Waals surface area (Å²) in [5.41, 5.74) is 4.14. The van der Waals surface area contributed by atoms with Gasteiger partial charge >= 0.3 is 0 Å². The lowest BCUT2D eigenvalue weighted by molar-refractivity contribution is 0.184. The van der Waals surface area contributed by atoms with Gasteiger partial charge in [0.05, 0.1) is 0 Å². The van der Waals surface area contributed by atoms with Crippen LogP contribution in [0.5, 0.6) is 0 Å². The van der Waals surface area contributed by atoms with Crippen LogP contribution in [0.1, 0.15) is 42.5 Å². The number of hydrogen-bond donors (Lipinski definition) is 1. The summed E-state index contributed by atoms with van der Waals surface area (Å²) < 4.78 is 5.40. The van der Waals surface area contributed by atoms with Crippen molar-refractivity contribution in [3.63, 3.8) is 0 Å². The van der Waals surface area contributed by atoms with Crippen LogP contribution in [0.15, 0.2) is 18.2 Å². The number of nitrogens with one attached hydrogen (secondary N) is 1. The molecule has 0 amide bonds. The van der Waals surface area contributed by atoms with Crippen LogP contribution in [0.2, 0.25) is 0 Å². The van der Waals surface area contributed by atoms with Crippen molar-refractivity contribution in [2.75, 3.05) is 19.8 Å². The lowest BCUT2D eigenvalue weighted by atomic mass is 10.0. The second-order valence-electron chi connectivity index (χ2n) is 5.54. The van der Waals surface area contributed by atoms with Gasteiger partial charge in [-0.2, -0.15) is 0 Å². The molecular formula is C16H25NO. The molecule has 18 heavy (non-hydrogen) atoms. The highest BCUT2D eigenvalue weighted by Crippen LogP contribution is 2.18. The van der Waals surface area contributed by atoms with Crippen LogP contribution < -0.4 is 5.32 Å². The second kappa shape index (κ2) is 6.35. The van der Waals surface area contributed by atoms with Gasteiger partial charge in [-0.15, -0.1) is 0 Å². The van der Waals surface area contributed by atoms with E-state index >= 15 is 0 Å². The fourth-order valence-corrected chi connectivity index (χ4v) is 2.47. The minimum absolute atomic E-state index is 0.437. The Kier molecular flexibility index (Phi) is 4.79. The van der Waals surface area contributed by atoms with Gasteiger partial charge in [-0.25, -0.2) is 0 Å². The predicted molar refractivity (Wildman–Crippen MR) is 75.9 cm³/mol. The Morgan fingerprint density at radius 1 is 1.33 bits per heavy atom. The second-order valence-corrected chi connectivity index (χ2v) is 5.54. The lowest BCUT2D eigenvalue weighted by Crippen LogP contribution is -2.22.